The lowest BCUT2D eigenvalue weighted by Gasteiger charge is -2.22. The van der Waals surface area contributed by atoms with Crippen molar-refractivity contribution in [3.63, 3.8) is 0 Å². The van der Waals surface area contributed by atoms with Gasteiger partial charge in [-0.05, 0) is 20.4 Å². The van der Waals surface area contributed by atoms with Gasteiger partial charge in [0.1, 0.15) is 0 Å². The summed E-state index contributed by atoms with van der Waals surface area (Å²) in [7, 11) is 0. The Labute approximate surface area is 89.5 Å². The first-order valence-corrected chi connectivity index (χ1v) is 4.96. The van der Waals surface area contributed by atoms with Gasteiger partial charge in [-0.3, -0.25) is 4.79 Å². The van der Waals surface area contributed by atoms with Gasteiger partial charge >= 0.3 is 0 Å². The summed E-state index contributed by atoms with van der Waals surface area (Å²) in [4.78, 5) is 15.2. The number of nitrogens with zero attached hydrogens (tertiary/aromatic N) is 2. The number of aromatic nitrogens is 2. The van der Waals surface area contributed by atoms with E-state index in [9.17, 15) is 4.79 Å². The molecule has 0 atom stereocenters. The number of primary amides is 1. The lowest BCUT2D eigenvalue weighted by molar-refractivity contribution is -0.126. The maximum Gasteiger partial charge on any atom is 0.224 e. The Morgan fingerprint density at radius 1 is 1.60 bits per heavy atom. The van der Waals surface area contributed by atoms with Crippen LogP contribution in [0.25, 0.3) is 0 Å². The second-order valence-corrected chi connectivity index (χ2v) is 4.30. The third-order valence-corrected chi connectivity index (χ3v) is 2.43. The zero-order valence-corrected chi connectivity index (χ0v) is 9.23. The summed E-state index contributed by atoms with van der Waals surface area (Å²) in [6, 6.07) is 0. The topological polar surface area (TPSA) is 86.9 Å². The minimum Gasteiger partial charge on any atom is -0.369 e. The van der Waals surface area contributed by atoms with Crippen molar-refractivity contribution >= 4 is 5.91 Å². The lowest BCUT2D eigenvalue weighted by Crippen LogP contribution is -2.35. The van der Waals surface area contributed by atoms with Crippen LogP contribution in [0.2, 0.25) is 0 Å². The van der Waals surface area contributed by atoms with Gasteiger partial charge in [0, 0.05) is 24.9 Å². The van der Waals surface area contributed by atoms with Gasteiger partial charge in [-0.25, -0.2) is 4.98 Å². The van der Waals surface area contributed by atoms with Gasteiger partial charge in [0.2, 0.25) is 5.91 Å². The van der Waals surface area contributed by atoms with Crippen molar-refractivity contribution in [3.05, 3.63) is 18.2 Å². The van der Waals surface area contributed by atoms with Crippen molar-refractivity contribution in [2.45, 2.75) is 26.8 Å². The van der Waals surface area contributed by atoms with Gasteiger partial charge in [0.15, 0.2) is 0 Å². The number of carbonyl (C=O) groups excluding carboxylic acids is 1. The second-order valence-electron chi connectivity index (χ2n) is 4.30. The fraction of sp³-hybridized carbons (Fsp3) is 0.600. The number of nitrogens with two attached hydrogens (primary N) is 2. The molecule has 0 aliphatic rings. The van der Waals surface area contributed by atoms with Crippen LogP contribution in [0.4, 0.5) is 0 Å². The molecule has 0 spiro atoms. The first-order chi connectivity index (χ1) is 6.97. The standard InChI is InChI=1S/C10H18N4O/c1-10(2,9(12)15)6-14-7-13-5-8(14)3-4-11/h5,7H,3-4,6,11H2,1-2H3,(H2,12,15). The molecule has 4 N–H and O–H groups in total. The van der Waals surface area contributed by atoms with Gasteiger partial charge < -0.3 is 16.0 Å². The quantitative estimate of drug-likeness (QED) is 0.711. The molecular formula is C10H18N4O. The van der Waals surface area contributed by atoms with Crippen molar-refractivity contribution in [3.8, 4) is 0 Å². The van der Waals surface area contributed by atoms with Crippen LogP contribution >= 0.6 is 0 Å². The van der Waals surface area contributed by atoms with Gasteiger partial charge in [-0.15, -0.1) is 0 Å². The monoisotopic (exact) mass is 210 g/mol. The Hall–Kier alpha value is -1.36. The Morgan fingerprint density at radius 2 is 2.27 bits per heavy atom. The van der Waals surface area contributed by atoms with Gasteiger partial charge in [-0.1, -0.05) is 0 Å². The second kappa shape index (κ2) is 4.44. The summed E-state index contributed by atoms with van der Waals surface area (Å²) < 4.78 is 1.93. The van der Waals surface area contributed by atoms with E-state index in [0.717, 1.165) is 12.1 Å². The molecular weight excluding hydrogens is 192 g/mol. The SMILES string of the molecule is CC(C)(Cn1cncc1CCN)C(N)=O. The van der Waals surface area contributed by atoms with Crippen molar-refractivity contribution in [2.75, 3.05) is 6.54 Å². The number of hydrogen-bond acceptors (Lipinski definition) is 3. The van der Waals surface area contributed by atoms with Crippen LogP contribution in [0.15, 0.2) is 12.5 Å². The molecule has 0 saturated heterocycles. The molecule has 0 aromatic carbocycles. The van der Waals surface area contributed by atoms with Crippen LogP contribution in [-0.2, 0) is 17.8 Å². The highest BCUT2D eigenvalue weighted by atomic mass is 16.1. The molecule has 0 aliphatic heterocycles. The van der Waals surface area contributed by atoms with E-state index < -0.39 is 5.41 Å². The molecule has 1 heterocycles. The fourth-order valence-electron chi connectivity index (χ4n) is 1.35. The fourth-order valence-corrected chi connectivity index (χ4v) is 1.35. The minimum absolute atomic E-state index is 0.310. The van der Waals surface area contributed by atoms with Crippen molar-refractivity contribution in [2.24, 2.45) is 16.9 Å². The third kappa shape index (κ3) is 2.79. The summed E-state index contributed by atoms with van der Waals surface area (Å²) in [6.07, 6.45) is 4.23. The first-order valence-electron chi connectivity index (χ1n) is 4.96. The van der Waals surface area contributed by atoms with Gasteiger partial charge in [0.25, 0.3) is 0 Å². The van der Waals surface area contributed by atoms with E-state index in [4.69, 9.17) is 11.5 Å². The van der Waals surface area contributed by atoms with E-state index in [-0.39, 0.29) is 5.91 Å². The molecule has 1 aromatic heterocycles. The summed E-state index contributed by atoms with van der Waals surface area (Å²) in [5, 5.41) is 0. The molecule has 1 rings (SSSR count). The molecule has 5 heteroatoms. The van der Waals surface area contributed by atoms with Crippen molar-refractivity contribution in [1.29, 1.82) is 0 Å². The molecule has 0 unspecified atom stereocenters. The minimum atomic E-state index is -0.565. The van der Waals surface area contributed by atoms with Crippen LogP contribution in [0.1, 0.15) is 19.5 Å². The number of imidazole rings is 1. The summed E-state index contributed by atoms with van der Waals surface area (Å²) in [6.45, 7) is 4.75. The molecule has 1 aromatic rings. The summed E-state index contributed by atoms with van der Waals surface area (Å²) in [5.74, 6) is -0.310. The predicted octanol–water partition coefficient (Wildman–Crippen LogP) is -0.104. The average molecular weight is 210 g/mol. The summed E-state index contributed by atoms with van der Waals surface area (Å²) >= 11 is 0. The van der Waals surface area contributed by atoms with Crippen LogP contribution in [0.5, 0.6) is 0 Å². The van der Waals surface area contributed by atoms with E-state index in [1.54, 1.807) is 12.5 Å². The van der Waals surface area contributed by atoms with Gasteiger partial charge in [-0.2, -0.15) is 0 Å². The van der Waals surface area contributed by atoms with Crippen LogP contribution in [0, 0.1) is 5.41 Å². The Bertz CT molecular complexity index is 343. The molecule has 0 radical (unpaired) electrons. The van der Waals surface area contributed by atoms with E-state index in [0.29, 0.717) is 13.1 Å². The van der Waals surface area contributed by atoms with Crippen LogP contribution < -0.4 is 11.5 Å². The third-order valence-electron chi connectivity index (χ3n) is 2.43. The lowest BCUT2D eigenvalue weighted by atomic mass is 9.92. The number of hydrogen-bond donors (Lipinski definition) is 2. The average Bonchev–Trinajstić information content (AvgIpc) is 2.52. The van der Waals surface area contributed by atoms with Crippen LogP contribution in [0.3, 0.4) is 0 Å². The highest BCUT2D eigenvalue weighted by Crippen LogP contribution is 2.18. The zero-order valence-electron chi connectivity index (χ0n) is 9.23. The number of amides is 1. The predicted molar refractivity (Wildman–Crippen MR) is 58.0 cm³/mol. The number of carbonyl (C=O) groups is 1. The van der Waals surface area contributed by atoms with Crippen molar-refractivity contribution in [1.82, 2.24) is 9.55 Å². The molecule has 5 nitrogen and oxygen atoms in total. The molecule has 0 fully saturated rings. The van der Waals surface area contributed by atoms with Crippen molar-refractivity contribution < 1.29 is 4.79 Å². The molecule has 1 amide bonds. The smallest absolute Gasteiger partial charge is 0.224 e. The Kier molecular flexibility index (Phi) is 3.47. The van der Waals surface area contributed by atoms with E-state index in [2.05, 4.69) is 4.98 Å². The first kappa shape index (κ1) is 11.7. The maximum absolute atomic E-state index is 11.2. The largest absolute Gasteiger partial charge is 0.369 e. The normalized spacial score (nSPS) is 11.7. The number of rotatable bonds is 5. The molecule has 0 saturated carbocycles. The van der Waals surface area contributed by atoms with Gasteiger partial charge in [0.05, 0.1) is 11.7 Å². The highest BCUT2D eigenvalue weighted by Gasteiger charge is 2.26. The van der Waals surface area contributed by atoms with E-state index >= 15 is 0 Å². The maximum atomic E-state index is 11.2. The molecule has 0 bridgehead atoms. The molecule has 84 valence electrons. The Balaban J connectivity index is 2.80. The molecule has 0 aliphatic carbocycles. The molecule has 15 heavy (non-hydrogen) atoms. The Morgan fingerprint density at radius 3 is 2.80 bits per heavy atom. The summed E-state index contributed by atoms with van der Waals surface area (Å²) in [5.41, 5.74) is 11.3. The van der Waals surface area contributed by atoms with Crippen LogP contribution in [-0.4, -0.2) is 22.0 Å². The zero-order chi connectivity index (χ0) is 11.5. The highest BCUT2D eigenvalue weighted by molar-refractivity contribution is 5.79. The van der Waals surface area contributed by atoms with E-state index in [1.807, 2.05) is 18.4 Å². The van der Waals surface area contributed by atoms with E-state index in [1.165, 1.54) is 0 Å².